The molecule has 21 heavy (non-hydrogen) atoms. The fraction of sp³-hybridized carbons (Fsp3) is 0.267. The number of hydrogen-bond acceptors (Lipinski definition) is 3. The molecule has 3 rings (SSSR count). The van der Waals surface area contributed by atoms with E-state index in [1.54, 1.807) is 24.4 Å². The summed E-state index contributed by atoms with van der Waals surface area (Å²) in [5.74, 6) is 0.0111. The number of aryl methyl sites for hydroxylation is 2. The van der Waals surface area contributed by atoms with Crippen molar-refractivity contribution in [2.24, 2.45) is 7.05 Å². The minimum atomic E-state index is -0.928. The highest BCUT2D eigenvalue weighted by atomic mass is 16.4. The van der Waals surface area contributed by atoms with Crippen LogP contribution in [0.15, 0.2) is 30.5 Å². The molecule has 0 amide bonds. The fourth-order valence-corrected chi connectivity index (χ4v) is 2.47. The van der Waals surface area contributed by atoms with Crippen LogP contribution in [0.3, 0.4) is 0 Å². The topological polar surface area (TPSA) is 72.9 Å². The molecule has 0 aliphatic carbocycles. The quantitative estimate of drug-likeness (QED) is 0.796. The van der Waals surface area contributed by atoms with Gasteiger partial charge < -0.3 is 9.67 Å². The molecular formula is C15H16N4O2. The Hall–Kier alpha value is -2.63. The van der Waals surface area contributed by atoms with Gasteiger partial charge in [0.2, 0.25) is 0 Å². The van der Waals surface area contributed by atoms with Crippen LogP contribution >= 0.6 is 0 Å². The molecular weight excluding hydrogens is 268 g/mol. The molecule has 0 saturated carbocycles. The highest BCUT2D eigenvalue weighted by Gasteiger charge is 2.13. The Labute approximate surface area is 121 Å². The minimum absolute atomic E-state index is 0.274. The van der Waals surface area contributed by atoms with Crippen LogP contribution in [0, 0.1) is 0 Å². The Balaban J connectivity index is 2.16. The molecule has 0 saturated heterocycles. The van der Waals surface area contributed by atoms with Crippen LogP contribution in [0.25, 0.3) is 11.0 Å². The molecule has 2 aromatic heterocycles. The molecule has 0 aliphatic heterocycles. The van der Waals surface area contributed by atoms with Gasteiger partial charge in [-0.1, -0.05) is 6.92 Å². The van der Waals surface area contributed by atoms with Crippen LogP contribution < -0.4 is 0 Å². The normalized spacial score (nSPS) is 11.1. The molecule has 0 bridgehead atoms. The maximum absolute atomic E-state index is 11.2. The summed E-state index contributed by atoms with van der Waals surface area (Å²) in [5, 5.41) is 13.3. The molecule has 0 fully saturated rings. The molecule has 0 radical (unpaired) electrons. The van der Waals surface area contributed by atoms with E-state index in [2.05, 4.69) is 14.6 Å². The van der Waals surface area contributed by atoms with Gasteiger partial charge in [0.1, 0.15) is 5.82 Å². The molecule has 0 unspecified atom stereocenters. The van der Waals surface area contributed by atoms with Gasteiger partial charge in [-0.25, -0.2) is 9.78 Å². The first kappa shape index (κ1) is 13.4. The molecule has 0 atom stereocenters. The summed E-state index contributed by atoms with van der Waals surface area (Å²) in [6.07, 6.45) is 2.54. The van der Waals surface area contributed by atoms with Gasteiger partial charge in [-0.15, -0.1) is 0 Å². The summed E-state index contributed by atoms with van der Waals surface area (Å²) in [7, 11) is 1.89. The average molecular weight is 284 g/mol. The molecule has 2 heterocycles. The van der Waals surface area contributed by atoms with Crippen LogP contribution in [0.4, 0.5) is 0 Å². The van der Waals surface area contributed by atoms with E-state index in [0.717, 1.165) is 29.0 Å². The lowest BCUT2D eigenvalue weighted by Gasteiger charge is -2.08. The molecule has 108 valence electrons. The van der Waals surface area contributed by atoms with Gasteiger partial charge in [0.05, 0.1) is 28.8 Å². The third-order valence-electron chi connectivity index (χ3n) is 3.63. The van der Waals surface area contributed by atoms with Crippen LogP contribution in [0.2, 0.25) is 0 Å². The molecule has 6 nitrogen and oxygen atoms in total. The van der Waals surface area contributed by atoms with Crippen LogP contribution in [-0.4, -0.2) is 30.4 Å². The van der Waals surface area contributed by atoms with Gasteiger partial charge >= 0.3 is 5.97 Å². The smallest absolute Gasteiger partial charge is 0.335 e. The molecule has 0 aliphatic rings. The Kier molecular flexibility index (Phi) is 3.21. The fourth-order valence-electron chi connectivity index (χ4n) is 2.47. The highest BCUT2D eigenvalue weighted by Crippen LogP contribution is 2.20. The zero-order valence-corrected chi connectivity index (χ0v) is 11.9. The van der Waals surface area contributed by atoms with Crippen molar-refractivity contribution in [3.63, 3.8) is 0 Å². The number of aromatic nitrogens is 4. The van der Waals surface area contributed by atoms with Gasteiger partial charge in [-0.05, 0) is 24.3 Å². The summed E-state index contributed by atoms with van der Waals surface area (Å²) >= 11 is 0. The summed E-state index contributed by atoms with van der Waals surface area (Å²) < 4.78 is 3.87. The number of aromatic carboxylic acids is 1. The number of nitrogens with zero attached hydrogens (tertiary/aromatic N) is 4. The second-order valence-corrected chi connectivity index (χ2v) is 4.92. The highest BCUT2D eigenvalue weighted by molar-refractivity contribution is 5.92. The Morgan fingerprint density at radius 1 is 1.33 bits per heavy atom. The molecule has 6 heteroatoms. The number of fused-ring (bicyclic) bond motifs is 1. The number of imidazole rings is 1. The van der Waals surface area contributed by atoms with E-state index in [1.807, 2.05) is 24.7 Å². The van der Waals surface area contributed by atoms with Crippen molar-refractivity contribution in [3.8, 4) is 0 Å². The predicted molar refractivity (Wildman–Crippen MR) is 78.4 cm³/mol. The van der Waals surface area contributed by atoms with Crippen LogP contribution in [0.5, 0.6) is 0 Å². The maximum atomic E-state index is 11.2. The second kappa shape index (κ2) is 5.05. The second-order valence-electron chi connectivity index (χ2n) is 4.92. The molecule has 1 aromatic carbocycles. The van der Waals surface area contributed by atoms with Crippen LogP contribution in [-0.2, 0) is 20.0 Å². The van der Waals surface area contributed by atoms with Crippen molar-refractivity contribution in [1.29, 1.82) is 0 Å². The van der Waals surface area contributed by atoms with E-state index >= 15 is 0 Å². The van der Waals surface area contributed by atoms with E-state index in [9.17, 15) is 4.79 Å². The van der Waals surface area contributed by atoms with Crippen LogP contribution in [0.1, 0.15) is 28.8 Å². The first-order valence-electron chi connectivity index (χ1n) is 6.79. The molecule has 0 spiro atoms. The van der Waals surface area contributed by atoms with Crippen molar-refractivity contribution < 1.29 is 9.90 Å². The zero-order chi connectivity index (χ0) is 15.0. The van der Waals surface area contributed by atoms with E-state index < -0.39 is 5.97 Å². The Bertz CT molecular complexity index is 816. The van der Waals surface area contributed by atoms with E-state index in [4.69, 9.17) is 5.11 Å². The van der Waals surface area contributed by atoms with Gasteiger partial charge in [0.25, 0.3) is 0 Å². The Morgan fingerprint density at radius 3 is 2.76 bits per heavy atom. The third-order valence-corrected chi connectivity index (χ3v) is 3.63. The average Bonchev–Trinajstić information content (AvgIpc) is 3.03. The van der Waals surface area contributed by atoms with E-state index in [0.29, 0.717) is 6.54 Å². The molecule has 3 aromatic rings. The van der Waals surface area contributed by atoms with Gasteiger partial charge in [0, 0.05) is 19.7 Å². The van der Waals surface area contributed by atoms with Crippen molar-refractivity contribution in [1.82, 2.24) is 19.3 Å². The lowest BCUT2D eigenvalue weighted by Crippen LogP contribution is -2.08. The lowest BCUT2D eigenvalue weighted by atomic mass is 10.2. The summed E-state index contributed by atoms with van der Waals surface area (Å²) in [5.41, 5.74) is 2.98. The first-order valence-corrected chi connectivity index (χ1v) is 6.79. The van der Waals surface area contributed by atoms with Crippen molar-refractivity contribution in [3.05, 3.63) is 47.5 Å². The predicted octanol–water partition coefficient (Wildman–Crippen LogP) is 2.08. The van der Waals surface area contributed by atoms with Gasteiger partial charge in [0.15, 0.2) is 0 Å². The van der Waals surface area contributed by atoms with Crippen molar-refractivity contribution >= 4 is 17.0 Å². The Morgan fingerprint density at radius 2 is 2.14 bits per heavy atom. The van der Waals surface area contributed by atoms with Crippen molar-refractivity contribution in [2.75, 3.05) is 0 Å². The van der Waals surface area contributed by atoms with Crippen molar-refractivity contribution in [2.45, 2.75) is 19.9 Å². The minimum Gasteiger partial charge on any atom is -0.478 e. The van der Waals surface area contributed by atoms with Gasteiger partial charge in [-0.2, -0.15) is 5.10 Å². The number of hydrogen-bond donors (Lipinski definition) is 1. The third kappa shape index (κ3) is 2.29. The van der Waals surface area contributed by atoms with Gasteiger partial charge in [-0.3, -0.25) is 4.68 Å². The summed E-state index contributed by atoms with van der Waals surface area (Å²) in [4.78, 5) is 15.7. The summed E-state index contributed by atoms with van der Waals surface area (Å²) in [6.45, 7) is 2.66. The number of carboxylic acid groups (broad SMARTS) is 1. The van der Waals surface area contributed by atoms with E-state index in [-0.39, 0.29) is 5.56 Å². The van der Waals surface area contributed by atoms with E-state index in [1.165, 1.54) is 0 Å². The lowest BCUT2D eigenvalue weighted by molar-refractivity contribution is 0.0697. The number of carbonyl (C=O) groups is 1. The largest absolute Gasteiger partial charge is 0.478 e. The summed E-state index contributed by atoms with van der Waals surface area (Å²) in [6, 6.07) is 6.98. The molecule has 1 N–H and O–H groups in total. The number of rotatable bonds is 4. The maximum Gasteiger partial charge on any atom is 0.335 e. The SMILES string of the molecule is CCc1nc2ccc(C(=O)O)cc2n1Cc1ccnn1C. The first-order chi connectivity index (χ1) is 10.1. The zero-order valence-electron chi connectivity index (χ0n) is 11.9. The monoisotopic (exact) mass is 284 g/mol. The number of carboxylic acids is 1. The number of benzene rings is 1. The standard InChI is InChI=1S/C15H16N4O2/c1-3-14-17-12-5-4-10(15(20)21)8-13(12)19(14)9-11-6-7-16-18(11)2/h4-8H,3,9H2,1-2H3,(H,20,21).